The van der Waals surface area contributed by atoms with Crippen LogP contribution in [0.5, 0.6) is 0 Å². The van der Waals surface area contributed by atoms with Gasteiger partial charge in [0.05, 0.1) is 9.21 Å². The zero-order valence-electron chi connectivity index (χ0n) is 14.3. The molecule has 136 valence electrons. The van der Waals surface area contributed by atoms with E-state index in [1.165, 1.54) is 36.3 Å². The molecule has 0 aliphatic carbocycles. The molecular formula is C19H20ClN3O2S. The van der Waals surface area contributed by atoms with Crippen LogP contribution in [0.1, 0.15) is 30.6 Å². The SMILES string of the molecule is O=C(Nc1ccc(N2CCCCC2)cc1)C1CC(c2ccc(Cl)s2)=NO1. The number of anilines is 2. The lowest BCUT2D eigenvalue weighted by atomic mass is 10.1. The number of rotatable bonds is 4. The molecule has 26 heavy (non-hydrogen) atoms. The largest absolute Gasteiger partial charge is 0.382 e. The van der Waals surface area contributed by atoms with Crippen LogP contribution in [0.2, 0.25) is 4.34 Å². The highest BCUT2D eigenvalue weighted by molar-refractivity contribution is 7.18. The highest BCUT2D eigenvalue weighted by Gasteiger charge is 2.29. The summed E-state index contributed by atoms with van der Waals surface area (Å²) >= 11 is 7.39. The van der Waals surface area contributed by atoms with Crippen molar-refractivity contribution in [1.29, 1.82) is 0 Å². The molecule has 1 N–H and O–H groups in total. The summed E-state index contributed by atoms with van der Waals surface area (Å²) in [5.74, 6) is -0.183. The second-order valence-corrected chi connectivity index (χ2v) is 8.24. The zero-order chi connectivity index (χ0) is 17.9. The minimum atomic E-state index is -0.604. The Bertz CT molecular complexity index is 812. The van der Waals surface area contributed by atoms with Gasteiger partial charge < -0.3 is 15.1 Å². The molecule has 0 bridgehead atoms. The molecule has 2 aromatic rings. The van der Waals surface area contributed by atoms with Gasteiger partial charge in [-0.3, -0.25) is 4.79 Å². The van der Waals surface area contributed by atoms with Crippen LogP contribution in [-0.4, -0.2) is 30.8 Å². The molecule has 1 amide bonds. The van der Waals surface area contributed by atoms with E-state index in [9.17, 15) is 4.79 Å². The van der Waals surface area contributed by atoms with E-state index >= 15 is 0 Å². The fourth-order valence-corrected chi connectivity index (χ4v) is 4.30. The van der Waals surface area contributed by atoms with Crippen LogP contribution < -0.4 is 10.2 Å². The minimum Gasteiger partial charge on any atom is -0.382 e. The zero-order valence-corrected chi connectivity index (χ0v) is 15.9. The lowest BCUT2D eigenvalue weighted by molar-refractivity contribution is -0.125. The van der Waals surface area contributed by atoms with Crippen LogP contribution in [0.25, 0.3) is 0 Å². The molecule has 0 spiro atoms. The summed E-state index contributed by atoms with van der Waals surface area (Å²) in [6.07, 6.45) is 3.65. The van der Waals surface area contributed by atoms with Crippen LogP contribution in [0, 0.1) is 0 Å². The van der Waals surface area contributed by atoms with Crippen LogP contribution in [0.3, 0.4) is 0 Å². The maximum Gasteiger partial charge on any atom is 0.268 e. The van der Waals surface area contributed by atoms with E-state index in [0.717, 1.165) is 29.4 Å². The van der Waals surface area contributed by atoms with Crippen molar-refractivity contribution in [2.24, 2.45) is 5.16 Å². The standard InChI is InChI=1S/C19H20ClN3O2S/c20-18-9-8-17(26-18)15-12-16(25-22-15)19(24)21-13-4-6-14(7-5-13)23-10-2-1-3-11-23/h4-9,16H,1-3,10-12H2,(H,21,24). The molecule has 1 fully saturated rings. The Balaban J connectivity index is 1.33. The lowest BCUT2D eigenvalue weighted by Crippen LogP contribution is -2.29. The molecule has 5 nitrogen and oxygen atoms in total. The third kappa shape index (κ3) is 3.86. The number of piperidine rings is 1. The molecule has 1 aromatic carbocycles. The summed E-state index contributed by atoms with van der Waals surface area (Å²) in [5, 5.41) is 6.95. The number of halogens is 1. The van der Waals surface area contributed by atoms with Gasteiger partial charge in [0, 0.05) is 30.9 Å². The number of amides is 1. The van der Waals surface area contributed by atoms with Crippen molar-refractivity contribution in [3.63, 3.8) is 0 Å². The van der Waals surface area contributed by atoms with Crippen LogP contribution in [-0.2, 0) is 9.63 Å². The van der Waals surface area contributed by atoms with Crippen molar-refractivity contribution < 1.29 is 9.63 Å². The fraction of sp³-hybridized carbons (Fsp3) is 0.368. The molecule has 3 heterocycles. The van der Waals surface area contributed by atoms with Gasteiger partial charge in [-0.2, -0.15) is 0 Å². The van der Waals surface area contributed by atoms with E-state index in [2.05, 4.69) is 27.5 Å². The third-order valence-corrected chi connectivity index (χ3v) is 5.96. The van der Waals surface area contributed by atoms with E-state index in [-0.39, 0.29) is 5.91 Å². The van der Waals surface area contributed by atoms with Crippen LogP contribution in [0.4, 0.5) is 11.4 Å². The first kappa shape index (κ1) is 17.4. The lowest BCUT2D eigenvalue weighted by Gasteiger charge is -2.28. The monoisotopic (exact) mass is 389 g/mol. The molecule has 0 saturated carbocycles. The summed E-state index contributed by atoms with van der Waals surface area (Å²) in [7, 11) is 0. The average Bonchev–Trinajstić information content (AvgIpc) is 3.32. The summed E-state index contributed by atoms with van der Waals surface area (Å²) < 4.78 is 0.699. The van der Waals surface area contributed by atoms with Crippen molar-refractivity contribution >= 4 is 45.9 Å². The summed E-state index contributed by atoms with van der Waals surface area (Å²) in [6, 6.07) is 11.7. The molecule has 1 saturated heterocycles. The maximum atomic E-state index is 12.4. The van der Waals surface area contributed by atoms with Gasteiger partial charge in [0.15, 0.2) is 0 Å². The molecule has 1 unspecified atom stereocenters. The number of oxime groups is 1. The quantitative estimate of drug-likeness (QED) is 0.836. The van der Waals surface area contributed by atoms with Gasteiger partial charge in [0.2, 0.25) is 6.10 Å². The molecule has 2 aliphatic rings. The van der Waals surface area contributed by atoms with Gasteiger partial charge >= 0.3 is 0 Å². The van der Waals surface area contributed by atoms with Crippen molar-refractivity contribution in [3.8, 4) is 0 Å². The van der Waals surface area contributed by atoms with Gasteiger partial charge in [-0.05, 0) is 55.7 Å². The molecule has 0 radical (unpaired) electrons. The number of carbonyl (C=O) groups is 1. The number of benzene rings is 1. The number of nitrogens with one attached hydrogen (secondary N) is 1. The molecule has 1 aromatic heterocycles. The summed E-state index contributed by atoms with van der Waals surface area (Å²) in [6.45, 7) is 2.21. The van der Waals surface area contributed by atoms with Gasteiger partial charge in [0.1, 0.15) is 5.71 Å². The first-order valence-corrected chi connectivity index (χ1v) is 10.0. The van der Waals surface area contributed by atoms with E-state index in [4.69, 9.17) is 16.4 Å². The fourth-order valence-electron chi connectivity index (χ4n) is 3.26. The molecule has 7 heteroatoms. The number of hydrogen-bond acceptors (Lipinski definition) is 5. The predicted molar refractivity (Wildman–Crippen MR) is 106 cm³/mol. The van der Waals surface area contributed by atoms with Gasteiger partial charge in [0.25, 0.3) is 5.91 Å². The highest BCUT2D eigenvalue weighted by Crippen LogP contribution is 2.27. The van der Waals surface area contributed by atoms with E-state index < -0.39 is 6.10 Å². The second-order valence-electron chi connectivity index (χ2n) is 6.52. The Morgan fingerprint density at radius 1 is 1.15 bits per heavy atom. The smallest absolute Gasteiger partial charge is 0.268 e. The molecular weight excluding hydrogens is 370 g/mol. The number of carbonyl (C=O) groups excluding carboxylic acids is 1. The van der Waals surface area contributed by atoms with Crippen molar-refractivity contribution in [2.75, 3.05) is 23.3 Å². The topological polar surface area (TPSA) is 53.9 Å². The minimum absolute atomic E-state index is 0.183. The third-order valence-electron chi connectivity index (χ3n) is 4.67. The Morgan fingerprint density at radius 2 is 1.92 bits per heavy atom. The van der Waals surface area contributed by atoms with Crippen molar-refractivity contribution in [1.82, 2.24) is 0 Å². The Morgan fingerprint density at radius 3 is 2.62 bits per heavy atom. The molecule has 2 aliphatic heterocycles. The Kier molecular flexibility index (Phi) is 5.13. The number of nitrogens with zero attached hydrogens (tertiary/aromatic N) is 2. The van der Waals surface area contributed by atoms with Crippen LogP contribution >= 0.6 is 22.9 Å². The number of hydrogen-bond donors (Lipinski definition) is 1. The summed E-state index contributed by atoms with van der Waals surface area (Å²) in [4.78, 5) is 21.1. The predicted octanol–water partition coefficient (Wildman–Crippen LogP) is 4.52. The van der Waals surface area contributed by atoms with E-state index in [1.54, 1.807) is 0 Å². The number of thiophene rings is 1. The van der Waals surface area contributed by atoms with Crippen LogP contribution in [0.15, 0.2) is 41.6 Å². The Labute approximate surface area is 161 Å². The van der Waals surface area contributed by atoms with Gasteiger partial charge in [-0.25, -0.2) is 0 Å². The van der Waals surface area contributed by atoms with E-state index in [1.807, 2.05) is 24.3 Å². The molecule has 4 rings (SSSR count). The normalized spacial score (nSPS) is 19.8. The average molecular weight is 390 g/mol. The Hall–Kier alpha value is -2.05. The molecule has 1 atom stereocenters. The summed E-state index contributed by atoms with van der Waals surface area (Å²) in [5.41, 5.74) is 2.74. The highest BCUT2D eigenvalue weighted by atomic mass is 35.5. The van der Waals surface area contributed by atoms with Gasteiger partial charge in [-0.1, -0.05) is 16.8 Å². The second kappa shape index (κ2) is 7.68. The van der Waals surface area contributed by atoms with Gasteiger partial charge in [-0.15, -0.1) is 11.3 Å². The maximum absolute atomic E-state index is 12.4. The first-order valence-electron chi connectivity index (χ1n) is 8.83. The first-order chi connectivity index (χ1) is 12.7. The van der Waals surface area contributed by atoms with Crippen molar-refractivity contribution in [2.45, 2.75) is 31.8 Å². The van der Waals surface area contributed by atoms with E-state index in [0.29, 0.717) is 10.8 Å². The van der Waals surface area contributed by atoms with Crippen molar-refractivity contribution in [3.05, 3.63) is 45.6 Å².